The molecule has 0 aliphatic carbocycles. The lowest BCUT2D eigenvalue weighted by Crippen LogP contribution is -2.44. The van der Waals surface area contributed by atoms with E-state index < -0.39 is 0 Å². The smallest absolute Gasteiger partial charge is 0.0808 e. The van der Waals surface area contributed by atoms with E-state index in [9.17, 15) is 0 Å². The fraction of sp³-hybridized carbons (Fsp3) is 0.889. The Labute approximate surface area is 120 Å². The lowest BCUT2D eigenvalue weighted by molar-refractivity contribution is -0.0988. The van der Waals surface area contributed by atoms with Crippen molar-refractivity contribution in [3.05, 3.63) is 12.2 Å². The molecule has 0 amide bonds. The maximum Gasteiger partial charge on any atom is 0.0808 e. The quantitative estimate of drug-likeness (QED) is 0.573. The molecule has 1 heteroatoms. The van der Waals surface area contributed by atoms with Crippen LogP contribution < -0.4 is 0 Å². The van der Waals surface area contributed by atoms with Gasteiger partial charge in [0, 0.05) is 5.92 Å². The molecule has 1 aliphatic rings. The minimum Gasteiger partial charge on any atom is -0.370 e. The highest BCUT2D eigenvalue weighted by molar-refractivity contribution is 5.08. The van der Waals surface area contributed by atoms with Gasteiger partial charge >= 0.3 is 0 Å². The fourth-order valence-electron chi connectivity index (χ4n) is 2.78. The third-order valence-corrected chi connectivity index (χ3v) is 3.88. The molecule has 1 nitrogen and oxygen atoms in total. The second-order valence-electron chi connectivity index (χ2n) is 9.50. The fourth-order valence-corrected chi connectivity index (χ4v) is 2.78. The van der Waals surface area contributed by atoms with Crippen LogP contribution in [0.3, 0.4) is 0 Å². The van der Waals surface area contributed by atoms with Crippen LogP contribution in [0.2, 0.25) is 0 Å². The summed E-state index contributed by atoms with van der Waals surface area (Å²) in [4.78, 5) is 0. The van der Waals surface area contributed by atoms with Crippen LogP contribution in [-0.2, 0) is 4.74 Å². The van der Waals surface area contributed by atoms with Crippen molar-refractivity contribution in [2.45, 2.75) is 80.9 Å². The molecular weight excluding hydrogens is 232 g/mol. The van der Waals surface area contributed by atoms with Gasteiger partial charge in [0.05, 0.1) is 12.2 Å². The minimum atomic E-state index is 0.176. The molecule has 1 rings (SSSR count). The van der Waals surface area contributed by atoms with Crippen LogP contribution in [0.25, 0.3) is 0 Å². The van der Waals surface area contributed by atoms with Gasteiger partial charge in [-0.2, -0.15) is 0 Å². The summed E-state index contributed by atoms with van der Waals surface area (Å²) < 4.78 is 6.48. The van der Waals surface area contributed by atoms with Crippen molar-refractivity contribution >= 4 is 0 Å². The molecule has 0 aromatic heterocycles. The summed E-state index contributed by atoms with van der Waals surface area (Å²) in [6, 6.07) is 0. The van der Waals surface area contributed by atoms with Gasteiger partial charge in [-0.3, -0.25) is 0 Å². The van der Waals surface area contributed by atoms with Gasteiger partial charge < -0.3 is 4.74 Å². The van der Waals surface area contributed by atoms with Crippen molar-refractivity contribution in [3.63, 3.8) is 0 Å². The SMILES string of the molecule is CC(C)(C)C[C@H]1OC(C(C)(C)C)C=C[C@H]1C(C)(C)C. The van der Waals surface area contributed by atoms with Gasteiger partial charge in [0.2, 0.25) is 0 Å². The normalized spacial score (nSPS) is 29.6. The predicted octanol–water partition coefficient (Wildman–Crippen LogP) is 5.45. The Morgan fingerprint density at radius 1 is 0.789 bits per heavy atom. The van der Waals surface area contributed by atoms with Gasteiger partial charge in [0.25, 0.3) is 0 Å². The first-order valence-corrected chi connectivity index (χ1v) is 7.64. The average molecular weight is 266 g/mol. The second-order valence-corrected chi connectivity index (χ2v) is 9.50. The highest BCUT2D eigenvalue weighted by atomic mass is 16.5. The van der Waals surface area contributed by atoms with Gasteiger partial charge in [-0.15, -0.1) is 0 Å². The van der Waals surface area contributed by atoms with Crippen molar-refractivity contribution in [1.82, 2.24) is 0 Å². The van der Waals surface area contributed by atoms with E-state index in [1.807, 2.05) is 0 Å². The van der Waals surface area contributed by atoms with E-state index in [4.69, 9.17) is 4.74 Å². The van der Waals surface area contributed by atoms with Crippen molar-refractivity contribution < 1.29 is 4.74 Å². The molecule has 0 spiro atoms. The van der Waals surface area contributed by atoms with Gasteiger partial charge in [-0.1, -0.05) is 74.5 Å². The highest BCUT2D eigenvalue weighted by Gasteiger charge is 2.39. The largest absolute Gasteiger partial charge is 0.370 e. The van der Waals surface area contributed by atoms with Crippen molar-refractivity contribution in [3.8, 4) is 0 Å². The lowest BCUT2D eigenvalue weighted by Gasteiger charge is -2.44. The predicted molar refractivity (Wildman–Crippen MR) is 84.3 cm³/mol. The maximum atomic E-state index is 6.48. The lowest BCUT2D eigenvalue weighted by atomic mass is 9.71. The molecule has 0 radical (unpaired) electrons. The number of rotatable bonds is 1. The van der Waals surface area contributed by atoms with Gasteiger partial charge in [0.1, 0.15) is 0 Å². The van der Waals surface area contributed by atoms with Crippen molar-refractivity contribution in [2.75, 3.05) is 0 Å². The molecule has 0 N–H and O–H groups in total. The van der Waals surface area contributed by atoms with Gasteiger partial charge in [-0.25, -0.2) is 0 Å². The Morgan fingerprint density at radius 2 is 1.32 bits per heavy atom. The summed E-state index contributed by atoms with van der Waals surface area (Å²) in [5, 5.41) is 0. The Balaban J connectivity index is 2.98. The monoisotopic (exact) mass is 266 g/mol. The third kappa shape index (κ3) is 4.95. The van der Waals surface area contributed by atoms with Crippen LogP contribution in [0.15, 0.2) is 12.2 Å². The number of hydrogen-bond acceptors (Lipinski definition) is 1. The molecule has 0 saturated heterocycles. The van der Waals surface area contributed by atoms with Crippen LogP contribution in [-0.4, -0.2) is 12.2 Å². The van der Waals surface area contributed by atoms with Crippen LogP contribution in [0, 0.1) is 22.2 Å². The number of ether oxygens (including phenoxy) is 1. The van der Waals surface area contributed by atoms with Crippen molar-refractivity contribution in [1.29, 1.82) is 0 Å². The first kappa shape index (κ1) is 16.8. The highest BCUT2D eigenvalue weighted by Crippen LogP contribution is 2.41. The summed E-state index contributed by atoms with van der Waals surface area (Å²) in [7, 11) is 0. The van der Waals surface area contributed by atoms with E-state index >= 15 is 0 Å². The number of hydrogen-bond donors (Lipinski definition) is 0. The maximum absolute atomic E-state index is 6.48. The molecule has 112 valence electrons. The van der Waals surface area contributed by atoms with Crippen LogP contribution in [0.1, 0.15) is 68.7 Å². The van der Waals surface area contributed by atoms with Crippen LogP contribution in [0.4, 0.5) is 0 Å². The minimum absolute atomic E-state index is 0.176. The molecule has 0 bridgehead atoms. The molecule has 0 aromatic rings. The summed E-state index contributed by atoms with van der Waals surface area (Å²) >= 11 is 0. The second kappa shape index (κ2) is 5.24. The van der Waals surface area contributed by atoms with E-state index in [-0.39, 0.29) is 16.9 Å². The Bertz CT molecular complexity index is 319. The summed E-state index contributed by atoms with van der Waals surface area (Å²) in [6.45, 7) is 20.6. The van der Waals surface area contributed by atoms with E-state index in [1.54, 1.807) is 0 Å². The van der Waals surface area contributed by atoms with E-state index in [0.29, 0.717) is 17.4 Å². The molecule has 1 aliphatic heterocycles. The zero-order valence-electron chi connectivity index (χ0n) is 14.5. The zero-order chi connectivity index (χ0) is 15.1. The summed E-state index contributed by atoms with van der Waals surface area (Å²) in [6.07, 6.45) is 6.38. The standard InChI is InChI=1S/C18H34O/c1-16(2,3)12-14-13(17(4,5)6)10-11-15(19-14)18(7,8)9/h10-11,13-15H,12H2,1-9H3/t13-,14-,15?/m1/s1. The zero-order valence-corrected chi connectivity index (χ0v) is 14.5. The molecule has 19 heavy (non-hydrogen) atoms. The van der Waals surface area contributed by atoms with E-state index in [2.05, 4.69) is 74.5 Å². The molecule has 0 aromatic carbocycles. The van der Waals surface area contributed by atoms with E-state index in [0.717, 1.165) is 6.42 Å². The summed E-state index contributed by atoms with van der Waals surface area (Å²) in [5.41, 5.74) is 0.743. The molecule has 1 unspecified atom stereocenters. The molecular formula is C18H34O. The first-order valence-electron chi connectivity index (χ1n) is 7.64. The molecule has 1 heterocycles. The Hall–Kier alpha value is -0.300. The average Bonchev–Trinajstić information content (AvgIpc) is 2.11. The Kier molecular flexibility index (Phi) is 4.62. The molecule has 0 saturated carbocycles. The van der Waals surface area contributed by atoms with E-state index in [1.165, 1.54) is 0 Å². The van der Waals surface area contributed by atoms with Crippen LogP contribution >= 0.6 is 0 Å². The molecule has 3 atom stereocenters. The van der Waals surface area contributed by atoms with Gasteiger partial charge in [0.15, 0.2) is 0 Å². The Morgan fingerprint density at radius 3 is 1.68 bits per heavy atom. The first-order chi connectivity index (χ1) is 8.31. The van der Waals surface area contributed by atoms with Gasteiger partial charge in [-0.05, 0) is 22.7 Å². The topological polar surface area (TPSA) is 9.23 Å². The van der Waals surface area contributed by atoms with Crippen LogP contribution in [0.5, 0.6) is 0 Å². The summed E-state index contributed by atoms with van der Waals surface area (Å²) in [5.74, 6) is 0.505. The third-order valence-electron chi connectivity index (χ3n) is 3.88. The molecule has 0 fully saturated rings. The van der Waals surface area contributed by atoms with Crippen molar-refractivity contribution in [2.24, 2.45) is 22.2 Å².